The SMILES string of the molecule is O=S(=O)(NCCC(O)c1ccccc1)c1ccccc1F. The average Bonchev–Trinajstić information content (AvgIpc) is 2.48. The van der Waals surface area contributed by atoms with Crippen LogP contribution in [0.5, 0.6) is 0 Å². The Hall–Kier alpha value is -1.76. The van der Waals surface area contributed by atoms with Crippen molar-refractivity contribution >= 4 is 10.0 Å². The molecule has 112 valence electrons. The standard InChI is InChI=1S/C15H16FNO3S/c16-13-8-4-5-9-15(13)21(19,20)17-11-10-14(18)12-6-2-1-3-7-12/h1-9,14,17-18H,10-11H2. The average molecular weight is 309 g/mol. The molecule has 21 heavy (non-hydrogen) atoms. The molecule has 1 atom stereocenters. The van der Waals surface area contributed by atoms with Crippen LogP contribution in [0.1, 0.15) is 18.1 Å². The van der Waals surface area contributed by atoms with Crippen LogP contribution in [0.4, 0.5) is 4.39 Å². The van der Waals surface area contributed by atoms with Crippen LogP contribution >= 0.6 is 0 Å². The van der Waals surface area contributed by atoms with Crippen molar-refractivity contribution in [3.05, 3.63) is 66.0 Å². The van der Waals surface area contributed by atoms with E-state index in [0.29, 0.717) is 5.56 Å². The first kappa shape index (κ1) is 15.6. The fourth-order valence-corrected chi connectivity index (χ4v) is 3.04. The van der Waals surface area contributed by atoms with Crippen LogP contribution in [0.15, 0.2) is 59.5 Å². The van der Waals surface area contributed by atoms with Crippen LogP contribution in [0.2, 0.25) is 0 Å². The maximum Gasteiger partial charge on any atom is 0.243 e. The van der Waals surface area contributed by atoms with Crippen molar-refractivity contribution in [2.75, 3.05) is 6.54 Å². The minimum absolute atomic E-state index is 0.0206. The zero-order valence-corrected chi connectivity index (χ0v) is 12.1. The molecule has 0 fully saturated rings. The van der Waals surface area contributed by atoms with Crippen molar-refractivity contribution in [1.29, 1.82) is 0 Å². The summed E-state index contributed by atoms with van der Waals surface area (Å²) in [5.41, 5.74) is 0.711. The van der Waals surface area contributed by atoms with Crippen LogP contribution in [-0.4, -0.2) is 20.1 Å². The summed E-state index contributed by atoms with van der Waals surface area (Å²) >= 11 is 0. The van der Waals surface area contributed by atoms with Crippen LogP contribution in [0.25, 0.3) is 0 Å². The molecule has 0 amide bonds. The molecule has 0 aliphatic rings. The third-order valence-corrected chi connectivity index (χ3v) is 4.51. The molecular weight excluding hydrogens is 293 g/mol. The van der Waals surface area contributed by atoms with Gasteiger partial charge in [-0.05, 0) is 24.1 Å². The van der Waals surface area contributed by atoms with Gasteiger partial charge >= 0.3 is 0 Å². The van der Waals surface area contributed by atoms with Gasteiger partial charge in [0.25, 0.3) is 0 Å². The van der Waals surface area contributed by atoms with Crippen molar-refractivity contribution in [1.82, 2.24) is 4.72 Å². The lowest BCUT2D eigenvalue weighted by atomic mass is 10.1. The Labute approximate surface area is 123 Å². The number of sulfonamides is 1. The third-order valence-electron chi connectivity index (χ3n) is 3.02. The molecule has 2 aromatic carbocycles. The lowest BCUT2D eigenvalue weighted by Crippen LogP contribution is -2.26. The maximum absolute atomic E-state index is 13.5. The molecule has 2 N–H and O–H groups in total. The van der Waals surface area contributed by atoms with Gasteiger partial charge in [0.15, 0.2) is 0 Å². The molecule has 0 aromatic heterocycles. The van der Waals surface area contributed by atoms with Crippen molar-refractivity contribution in [2.45, 2.75) is 17.4 Å². The molecule has 2 rings (SSSR count). The molecule has 0 bridgehead atoms. The molecule has 0 aliphatic heterocycles. The summed E-state index contributed by atoms with van der Waals surface area (Å²) in [6.45, 7) is 0.0206. The highest BCUT2D eigenvalue weighted by Gasteiger charge is 2.18. The molecule has 0 radical (unpaired) electrons. The topological polar surface area (TPSA) is 66.4 Å². The van der Waals surface area contributed by atoms with E-state index in [0.717, 1.165) is 6.07 Å². The second-order valence-electron chi connectivity index (χ2n) is 4.54. The van der Waals surface area contributed by atoms with Gasteiger partial charge in [0.2, 0.25) is 10.0 Å². The Morgan fingerprint density at radius 1 is 1.05 bits per heavy atom. The minimum atomic E-state index is -3.90. The number of halogens is 1. The summed E-state index contributed by atoms with van der Waals surface area (Å²) in [5, 5.41) is 9.93. The Kier molecular flexibility index (Phi) is 5.06. The van der Waals surface area contributed by atoms with E-state index >= 15 is 0 Å². The lowest BCUT2D eigenvalue weighted by Gasteiger charge is -2.12. The van der Waals surface area contributed by atoms with Gasteiger partial charge < -0.3 is 5.11 Å². The molecule has 0 saturated heterocycles. The predicted molar refractivity (Wildman–Crippen MR) is 77.6 cm³/mol. The van der Waals surface area contributed by atoms with Crippen LogP contribution in [0.3, 0.4) is 0 Å². The van der Waals surface area contributed by atoms with Crippen molar-refractivity contribution in [3.63, 3.8) is 0 Å². The number of nitrogens with one attached hydrogen (secondary N) is 1. The second kappa shape index (κ2) is 6.80. The molecular formula is C15H16FNO3S. The first-order valence-electron chi connectivity index (χ1n) is 6.48. The number of aliphatic hydroxyl groups excluding tert-OH is 1. The summed E-state index contributed by atoms with van der Waals surface area (Å²) in [7, 11) is -3.90. The van der Waals surface area contributed by atoms with Gasteiger partial charge in [-0.3, -0.25) is 0 Å². The first-order valence-corrected chi connectivity index (χ1v) is 7.96. The fraction of sp³-hybridized carbons (Fsp3) is 0.200. The van der Waals surface area contributed by atoms with E-state index in [-0.39, 0.29) is 17.9 Å². The summed E-state index contributed by atoms with van der Waals surface area (Å²) in [6.07, 6.45) is -0.563. The largest absolute Gasteiger partial charge is 0.388 e. The molecule has 1 unspecified atom stereocenters. The number of aliphatic hydroxyl groups is 1. The van der Waals surface area contributed by atoms with E-state index < -0.39 is 21.9 Å². The number of hydrogen-bond acceptors (Lipinski definition) is 3. The normalized spacial score (nSPS) is 13.0. The van der Waals surface area contributed by atoms with E-state index in [1.165, 1.54) is 18.2 Å². The fourth-order valence-electron chi connectivity index (χ4n) is 1.91. The zero-order valence-electron chi connectivity index (χ0n) is 11.2. The minimum Gasteiger partial charge on any atom is -0.388 e. The Morgan fingerprint density at radius 2 is 1.67 bits per heavy atom. The summed E-state index contributed by atoms with van der Waals surface area (Å²) in [6, 6.07) is 14.1. The Bertz CT molecular complexity index is 689. The molecule has 0 saturated carbocycles. The summed E-state index contributed by atoms with van der Waals surface area (Å²) in [5.74, 6) is -0.798. The smallest absolute Gasteiger partial charge is 0.243 e. The highest BCUT2D eigenvalue weighted by molar-refractivity contribution is 7.89. The van der Waals surface area contributed by atoms with Gasteiger partial charge in [0.05, 0.1) is 6.10 Å². The van der Waals surface area contributed by atoms with Gasteiger partial charge in [-0.25, -0.2) is 17.5 Å². The molecule has 6 heteroatoms. The van der Waals surface area contributed by atoms with Crippen molar-refractivity contribution < 1.29 is 17.9 Å². The maximum atomic E-state index is 13.5. The highest BCUT2D eigenvalue weighted by atomic mass is 32.2. The van der Waals surface area contributed by atoms with E-state index in [9.17, 15) is 17.9 Å². The third kappa shape index (κ3) is 4.10. The zero-order chi connectivity index (χ0) is 15.3. The predicted octanol–water partition coefficient (Wildman–Crippen LogP) is 2.23. The summed E-state index contributed by atoms with van der Waals surface area (Å²) < 4.78 is 39.6. The van der Waals surface area contributed by atoms with E-state index in [2.05, 4.69) is 4.72 Å². The van der Waals surface area contributed by atoms with Crippen LogP contribution < -0.4 is 4.72 Å². The van der Waals surface area contributed by atoms with Gasteiger partial charge in [0.1, 0.15) is 10.7 Å². The molecule has 2 aromatic rings. The number of hydrogen-bond donors (Lipinski definition) is 2. The van der Waals surface area contributed by atoms with Gasteiger partial charge in [-0.15, -0.1) is 0 Å². The number of rotatable bonds is 6. The van der Waals surface area contributed by atoms with Crippen LogP contribution in [-0.2, 0) is 10.0 Å². The quantitative estimate of drug-likeness (QED) is 0.860. The van der Waals surface area contributed by atoms with Gasteiger partial charge in [-0.2, -0.15) is 0 Å². The molecule has 0 aliphatic carbocycles. The summed E-state index contributed by atoms with van der Waals surface area (Å²) in [4.78, 5) is -0.390. The Morgan fingerprint density at radius 3 is 2.33 bits per heavy atom. The van der Waals surface area contributed by atoms with Gasteiger partial charge in [-0.1, -0.05) is 42.5 Å². The monoisotopic (exact) mass is 309 g/mol. The number of benzene rings is 2. The molecule has 0 spiro atoms. The first-order chi connectivity index (χ1) is 10.0. The van der Waals surface area contributed by atoms with E-state index in [1.54, 1.807) is 24.3 Å². The molecule has 0 heterocycles. The van der Waals surface area contributed by atoms with E-state index in [1.807, 2.05) is 6.07 Å². The van der Waals surface area contributed by atoms with Crippen molar-refractivity contribution in [2.24, 2.45) is 0 Å². The Balaban J connectivity index is 1.96. The lowest BCUT2D eigenvalue weighted by molar-refractivity contribution is 0.169. The second-order valence-corrected chi connectivity index (χ2v) is 6.28. The van der Waals surface area contributed by atoms with E-state index in [4.69, 9.17) is 0 Å². The van der Waals surface area contributed by atoms with Crippen molar-refractivity contribution in [3.8, 4) is 0 Å². The molecule has 4 nitrogen and oxygen atoms in total. The van der Waals surface area contributed by atoms with Gasteiger partial charge in [0, 0.05) is 6.54 Å². The van der Waals surface area contributed by atoms with Crippen LogP contribution in [0, 0.1) is 5.82 Å². The highest BCUT2D eigenvalue weighted by Crippen LogP contribution is 2.16.